The zero-order valence-corrected chi connectivity index (χ0v) is 13.0. The van der Waals surface area contributed by atoms with Crippen LogP contribution in [0.1, 0.15) is 38.9 Å². The van der Waals surface area contributed by atoms with Crippen LogP contribution in [0.3, 0.4) is 0 Å². The van der Waals surface area contributed by atoms with Crippen molar-refractivity contribution in [2.24, 2.45) is 0 Å². The van der Waals surface area contributed by atoms with Crippen molar-refractivity contribution in [2.75, 3.05) is 6.61 Å². The van der Waals surface area contributed by atoms with Crippen molar-refractivity contribution in [3.05, 3.63) is 29.8 Å². The first-order valence-corrected chi connectivity index (χ1v) is 7.21. The highest BCUT2D eigenvalue weighted by Crippen LogP contribution is 2.27. The van der Waals surface area contributed by atoms with Gasteiger partial charge < -0.3 is 9.30 Å². The number of nitrogens with zero attached hydrogens (tertiary/aromatic N) is 2. The zero-order chi connectivity index (χ0) is 14.9. The molecule has 5 heteroatoms. The molecule has 0 N–H and O–H groups in total. The molecule has 3 nitrogen and oxygen atoms in total. The van der Waals surface area contributed by atoms with E-state index in [1.165, 1.54) is 12.1 Å². The number of hydrogen-bond donors (Lipinski definition) is 0. The van der Waals surface area contributed by atoms with E-state index >= 15 is 0 Å². The van der Waals surface area contributed by atoms with Crippen LogP contribution in [0.5, 0.6) is 0 Å². The summed E-state index contributed by atoms with van der Waals surface area (Å²) in [7, 11) is 0. The molecule has 1 heterocycles. The minimum absolute atomic E-state index is 0.247. The Labute approximate surface area is 123 Å². The third kappa shape index (κ3) is 3.13. The topological polar surface area (TPSA) is 27.1 Å². The number of hydrogen-bond acceptors (Lipinski definition) is 2. The van der Waals surface area contributed by atoms with E-state index in [9.17, 15) is 4.39 Å². The van der Waals surface area contributed by atoms with Gasteiger partial charge in [0.15, 0.2) is 0 Å². The van der Waals surface area contributed by atoms with Gasteiger partial charge in [0.05, 0.1) is 28.6 Å². The Hall–Kier alpha value is -1.13. The van der Waals surface area contributed by atoms with Crippen LogP contribution in [0.25, 0.3) is 11.0 Å². The number of halogens is 2. The van der Waals surface area contributed by atoms with Crippen molar-refractivity contribution in [2.45, 2.75) is 45.2 Å². The molecule has 0 aliphatic rings. The van der Waals surface area contributed by atoms with E-state index in [-0.39, 0.29) is 16.8 Å². The minimum atomic E-state index is -0.336. The van der Waals surface area contributed by atoms with Gasteiger partial charge in [-0.1, -0.05) is 0 Å². The number of imidazole rings is 1. The Morgan fingerprint density at radius 3 is 2.75 bits per heavy atom. The normalized spacial score (nSPS) is 13.9. The van der Waals surface area contributed by atoms with Gasteiger partial charge in [-0.25, -0.2) is 9.37 Å². The molecule has 0 radical (unpaired) electrons. The monoisotopic (exact) mass is 298 g/mol. The Morgan fingerprint density at radius 1 is 1.45 bits per heavy atom. The lowest BCUT2D eigenvalue weighted by molar-refractivity contribution is -0.0221. The van der Waals surface area contributed by atoms with E-state index < -0.39 is 0 Å². The standard InChI is InChI=1S/C15H20ClFN2O/c1-5-20-15(3,4)9-19-13-7-6-11(17)8-12(13)18-14(19)10(2)16/h6-8,10H,5,9H2,1-4H3. The van der Waals surface area contributed by atoms with E-state index in [2.05, 4.69) is 4.98 Å². The largest absolute Gasteiger partial charge is 0.374 e. The SMILES string of the molecule is CCOC(C)(C)Cn1c(C(C)Cl)nc2cc(F)ccc21. The van der Waals surface area contributed by atoms with Gasteiger partial charge >= 0.3 is 0 Å². The van der Waals surface area contributed by atoms with Gasteiger partial charge in [0.2, 0.25) is 0 Å². The molecule has 1 aromatic heterocycles. The second-order valence-corrected chi connectivity index (χ2v) is 6.15. The van der Waals surface area contributed by atoms with Crippen molar-refractivity contribution in [1.29, 1.82) is 0 Å². The highest BCUT2D eigenvalue weighted by Gasteiger charge is 2.23. The molecule has 110 valence electrons. The molecule has 0 aliphatic carbocycles. The fourth-order valence-electron chi connectivity index (χ4n) is 2.41. The zero-order valence-electron chi connectivity index (χ0n) is 12.3. The Morgan fingerprint density at radius 2 is 2.15 bits per heavy atom. The van der Waals surface area contributed by atoms with Crippen molar-refractivity contribution in [3.63, 3.8) is 0 Å². The predicted molar refractivity (Wildman–Crippen MR) is 79.7 cm³/mol. The molecule has 1 unspecified atom stereocenters. The third-order valence-electron chi connectivity index (χ3n) is 3.17. The van der Waals surface area contributed by atoms with Crippen LogP contribution in [0.15, 0.2) is 18.2 Å². The smallest absolute Gasteiger partial charge is 0.127 e. The lowest BCUT2D eigenvalue weighted by Gasteiger charge is -2.26. The summed E-state index contributed by atoms with van der Waals surface area (Å²) in [6.07, 6.45) is 0. The number of ether oxygens (including phenoxy) is 1. The van der Waals surface area contributed by atoms with Crippen LogP contribution < -0.4 is 0 Å². The van der Waals surface area contributed by atoms with Gasteiger partial charge in [-0.05, 0) is 39.8 Å². The first-order chi connectivity index (χ1) is 9.34. The number of benzene rings is 1. The Balaban J connectivity index is 2.51. The lowest BCUT2D eigenvalue weighted by Crippen LogP contribution is -2.31. The van der Waals surface area contributed by atoms with Crippen LogP contribution in [0.4, 0.5) is 4.39 Å². The summed E-state index contributed by atoms with van der Waals surface area (Å²) < 4.78 is 21.1. The van der Waals surface area contributed by atoms with Crippen LogP contribution in [-0.4, -0.2) is 21.8 Å². The van der Waals surface area contributed by atoms with E-state index in [1.807, 2.05) is 32.3 Å². The van der Waals surface area contributed by atoms with Crippen LogP contribution in [0, 0.1) is 5.82 Å². The molecule has 0 fully saturated rings. The summed E-state index contributed by atoms with van der Waals surface area (Å²) in [6.45, 7) is 9.13. The summed E-state index contributed by atoms with van der Waals surface area (Å²) in [4.78, 5) is 4.45. The number of fused-ring (bicyclic) bond motifs is 1. The molecule has 2 aromatic rings. The van der Waals surface area contributed by atoms with Gasteiger partial charge in [-0.2, -0.15) is 0 Å². The molecule has 0 saturated carbocycles. The average molecular weight is 299 g/mol. The van der Waals surface area contributed by atoms with Crippen LogP contribution >= 0.6 is 11.6 Å². The van der Waals surface area contributed by atoms with Crippen molar-refractivity contribution >= 4 is 22.6 Å². The molecule has 2 rings (SSSR count). The quantitative estimate of drug-likeness (QED) is 0.770. The minimum Gasteiger partial charge on any atom is -0.374 e. The molecule has 0 amide bonds. The van der Waals surface area contributed by atoms with E-state index in [0.717, 1.165) is 11.3 Å². The maximum atomic E-state index is 13.3. The summed E-state index contributed by atoms with van der Waals surface area (Å²) in [5.74, 6) is 0.444. The highest BCUT2D eigenvalue weighted by atomic mass is 35.5. The summed E-state index contributed by atoms with van der Waals surface area (Å²) in [5.41, 5.74) is 1.17. The maximum Gasteiger partial charge on any atom is 0.127 e. The van der Waals surface area contributed by atoms with Gasteiger partial charge in [-0.3, -0.25) is 0 Å². The summed E-state index contributed by atoms with van der Waals surface area (Å²) in [5, 5.41) is -0.247. The Kier molecular flexibility index (Phi) is 4.35. The van der Waals surface area contributed by atoms with Crippen LogP contribution in [-0.2, 0) is 11.3 Å². The van der Waals surface area contributed by atoms with E-state index in [0.29, 0.717) is 18.7 Å². The van der Waals surface area contributed by atoms with Gasteiger partial charge in [0.25, 0.3) is 0 Å². The predicted octanol–water partition coefficient (Wildman–Crippen LogP) is 4.29. The average Bonchev–Trinajstić information content (AvgIpc) is 2.66. The molecule has 0 bridgehead atoms. The molecule has 1 aromatic carbocycles. The fraction of sp³-hybridized carbons (Fsp3) is 0.533. The van der Waals surface area contributed by atoms with Gasteiger partial charge in [0.1, 0.15) is 11.6 Å². The van der Waals surface area contributed by atoms with E-state index in [4.69, 9.17) is 16.3 Å². The highest BCUT2D eigenvalue weighted by molar-refractivity contribution is 6.20. The number of aromatic nitrogens is 2. The molecule has 20 heavy (non-hydrogen) atoms. The maximum absolute atomic E-state index is 13.3. The molecule has 1 atom stereocenters. The first-order valence-electron chi connectivity index (χ1n) is 6.78. The number of alkyl halides is 1. The van der Waals surface area contributed by atoms with Crippen molar-refractivity contribution in [1.82, 2.24) is 9.55 Å². The molecule has 0 aliphatic heterocycles. The molecule has 0 saturated heterocycles. The summed E-state index contributed by atoms with van der Waals surface area (Å²) >= 11 is 6.21. The van der Waals surface area contributed by atoms with Crippen molar-refractivity contribution in [3.8, 4) is 0 Å². The van der Waals surface area contributed by atoms with Crippen LogP contribution in [0.2, 0.25) is 0 Å². The van der Waals surface area contributed by atoms with Crippen molar-refractivity contribution < 1.29 is 9.13 Å². The lowest BCUT2D eigenvalue weighted by atomic mass is 10.1. The molecular weight excluding hydrogens is 279 g/mol. The second-order valence-electron chi connectivity index (χ2n) is 5.50. The second kappa shape index (κ2) is 5.70. The van der Waals surface area contributed by atoms with E-state index in [1.54, 1.807) is 6.07 Å². The molecule has 0 spiro atoms. The van der Waals surface area contributed by atoms with Gasteiger partial charge in [0, 0.05) is 12.7 Å². The summed E-state index contributed by atoms with van der Waals surface area (Å²) in [6, 6.07) is 4.61. The van der Waals surface area contributed by atoms with Gasteiger partial charge in [-0.15, -0.1) is 11.6 Å². The first kappa shape index (κ1) is 15.3. The molecular formula is C15H20ClFN2O. The Bertz CT molecular complexity index is 607. The fourth-order valence-corrected chi connectivity index (χ4v) is 2.58. The third-order valence-corrected chi connectivity index (χ3v) is 3.36. The number of rotatable bonds is 5.